The van der Waals surface area contributed by atoms with Crippen LogP contribution in [-0.4, -0.2) is 60.1 Å². The Bertz CT molecular complexity index is 987. The molecule has 2 aromatic heterocycles. The third-order valence-electron chi connectivity index (χ3n) is 4.36. The van der Waals surface area contributed by atoms with Crippen LogP contribution in [0.1, 0.15) is 10.7 Å². The smallest absolute Gasteiger partial charge is 0.352 e. The van der Waals surface area contributed by atoms with Gasteiger partial charge >= 0.3 is 5.97 Å². The minimum Gasteiger partial charge on any atom is -0.477 e. The molecule has 0 bridgehead atoms. The summed E-state index contributed by atoms with van der Waals surface area (Å²) in [5.74, 6) is -0.153. The molecule has 2 amide bonds. The molecule has 2 atom stereocenters. The van der Waals surface area contributed by atoms with Crippen LogP contribution < -0.4 is 5.32 Å². The number of rotatable bonds is 7. The lowest BCUT2D eigenvalue weighted by molar-refractivity contribution is -0.150. The number of nitrogens with zero attached hydrogens (tertiary/aromatic N) is 3. The second-order valence-corrected chi connectivity index (χ2v) is 10.5. The van der Waals surface area contributed by atoms with Gasteiger partial charge in [-0.3, -0.25) is 14.5 Å². The monoisotopic (exact) mass is 468 g/mol. The molecule has 0 saturated carbocycles. The van der Waals surface area contributed by atoms with Gasteiger partial charge in [0.05, 0.1) is 6.42 Å². The Morgan fingerprint density at radius 1 is 1.45 bits per heavy atom. The van der Waals surface area contributed by atoms with E-state index in [4.69, 9.17) is 0 Å². The van der Waals surface area contributed by atoms with E-state index in [-0.39, 0.29) is 23.9 Å². The lowest BCUT2D eigenvalue weighted by Crippen LogP contribution is -2.70. The van der Waals surface area contributed by atoms with Crippen molar-refractivity contribution in [3.8, 4) is 0 Å². The van der Waals surface area contributed by atoms with Gasteiger partial charge in [0.15, 0.2) is 4.34 Å². The summed E-state index contributed by atoms with van der Waals surface area (Å²) in [5, 5.41) is 14.0. The summed E-state index contributed by atoms with van der Waals surface area (Å²) >= 11 is 5.63. The number of nitrogens with one attached hydrogen (secondary N) is 1. The Kier molecular flexibility index (Phi) is 5.95. The molecule has 29 heavy (non-hydrogen) atoms. The number of thioether (sulfide) groups is 2. The van der Waals surface area contributed by atoms with Crippen LogP contribution in [0.3, 0.4) is 0 Å². The minimum absolute atomic E-state index is 0.0243. The Balaban J connectivity index is 1.44. The first kappa shape index (κ1) is 20.4. The molecule has 0 aliphatic carbocycles. The number of carbonyl (C=O) groups is 3. The molecule has 2 aliphatic rings. The zero-order valence-electron chi connectivity index (χ0n) is 15.2. The fourth-order valence-corrected chi connectivity index (χ4v) is 6.91. The van der Waals surface area contributed by atoms with Crippen molar-refractivity contribution in [2.75, 3.05) is 11.5 Å². The maximum atomic E-state index is 12.6. The number of fused-ring (bicyclic) bond motifs is 1. The summed E-state index contributed by atoms with van der Waals surface area (Å²) in [6, 6.07) is 3.04. The number of thiophene rings is 1. The number of aromatic nitrogens is 2. The van der Waals surface area contributed by atoms with Crippen LogP contribution in [0.5, 0.6) is 0 Å². The van der Waals surface area contributed by atoms with Crippen LogP contribution in [0.25, 0.3) is 0 Å². The number of carboxylic acid groups (broad SMARTS) is 1. The molecule has 12 heteroatoms. The van der Waals surface area contributed by atoms with Crippen molar-refractivity contribution in [2.24, 2.45) is 0 Å². The van der Waals surface area contributed by atoms with Gasteiger partial charge in [0.25, 0.3) is 5.91 Å². The number of carboxylic acids is 1. The molecule has 0 radical (unpaired) electrons. The molecule has 4 rings (SSSR count). The topological polar surface area (TPSA) is 112 Å². The Labute approximate surface area is 182 Å². The molecule has 8 nitrogen and oxygen atoms in total. The predicted octanol–water partition coefficient (Wildman–Crippen LogP) is 1.98. The number of amides is 2. The van der Waals surface area contributed by atoms with Crippen molar-refractivity contribution < 1.29 is 19.5 Å². The Morgan fingerprint density at radius 2 is 2.28 bits per heavy atom. The molecular formula is C17H16N4O4S4. The van der Waals surface area contributed by atoms with Gasteiger partial charge in [-0.2, -0.15) is 4.37 Å². The second-order valence-electron chi connectivity index (χ2n) is 6.36. The third-order valence-corrected chi connectivity index (χ3v) is 8.59. The van der Waals surface area contributed by atoms with E-state index in [0.717, 1.165) is 9.22 Å². The summed E-state index contributed by atoms with van der Waals surface area (Å²) in [7, 11) is 0. The third kappa shape index (κ3) is 4.20. The zero-order chi connectivity index (χ0) is 20.5. The van der Waals surface area contributed by atoms with Crippen molar-refractivity contribution in [3.63, 3.8) is 0 Å². The van der Waals surface area contributed by atoms with Crippen molar-refractivity contribution >= 4 is 64.2 Å². The van der Waals surface area contributed by atoms with Gasteiger partial charge in [0.1, 0.15) is 22.9 Å². The fraction of sp³-hybridized carbons (Fsp3) is 0.353. The summed E-state index contributed by atoms with van der Waals surface area (Å²) in [5.41, 5.74) is 0.699. The zero-order valence-corrected chi connectivity index (χ0v) is 18.4. The Morgan fingerprint density at radius 3 is 2.93 bits per heavy atom. The highest BCUT2D eigenvalue weighted by Gasteiger charge is 2.54. The van der Waals surface area contributed by atoms with Crippen LogP contribution in [-0.2, 0) is 20.8 Å². The standard InChI is InChI=1S/C17H16N4O4S4/c1-8-18-17(29-20-8)28-7-9-6-27-15-12(14(23)21(15)13(9)16(24)25)19-11(22)5-10-3-2-4-26-10/h2-4,12,15H,5-7H2,1H3,(H,19,22)(H,24,25)/t12?,15-/m0/s1. The number of aliphatic carboxylic acids is 1. The van der Waals surface area contributed by atoms with E-state index in [9.17, 15) is 19.5 Å². The van der Waals surface area contributed by atoms with E-state index >= 15 is 0 Å². The van der Waals surface area contributed by atoms with Gasteiger partial charge in [-0.1, -0.05) is 17.8 Å². The van der Waals surface area contributed by atoms with E-state index in [1.807, 2.05) is 17.5 Å². The van der Waals surface area contributed by atoms with Crippen molar-refractivity contribution in [1.29, 1.82) is 0 Å². The van der Waals surface area contributed by atoms with Gasteiger partial charge in [-0.25, -0.2) is 9.78 Å². The first-order chi connectivity index (χ1) is 13.9. The highest BCUT2D eigenvalue weighted by Crippen LogP contribution is 2.41. The number of carbonyl (C=O) groups excluding carboxylic acids is 2. The predicted molar refractivity (Wildman–Crippen MR) is 113 cm³/mol. The summed E-state index contributed by atoms with van der Waals surface area (Å²) in [6.07, 6.45) is 0.212. The largest absolute Gasteiger partial charge is 0.477 e. The average molecular weight is 469 g/mol. The molecule has 1 unspecified atom stereocenters. The lowest BCUT2D eigenvalue weighted by Gasteiger charge is -2.49. The normalized spacial score (nSPS) is 21.0. The first-order valence-electron chi connectivity index (χ1n) is 8.59. The SMILES string of the molecule is Cc1nsc(SCC2=C(C(=O)O)N3C(=O)C(NC(=O)Cc4cccs4)[C@@H]3SC2)n1. The molecule has 1 saturated heterocycles. The molecule has 0 spiro atoms. The second kappa shape index (κ2) is 8.46. The molecule has 4 heterocycles. The maximum Gasteiger partial charge on any atom is 0.352 e. The van der Waals surface area contributed by atoms with E-state index < -0.39 is 17.4 Å². The molecular weight excluding hydrogens is 452 g/mol. The van der Waals surface area contributed by atoms with Crippen LogP contribution in [0.2, 0.25) is 0 Å². The fourth-order valence-electron chi connectivity index (χ4n) is 3.08. The van der Waals surface area contributed by atoms with Gasteiger partial charge in [-0.15, -0.1) is 23.1 Å². The highest BCUT2D eigenvalue weighted by molar-refractivity contribution is 8.01. The number of β-lactam (4-membered cyclic amide) rings is 1. The molecule has 1 fully saturated rings. The van der Waals surface area contributed by atoms with Gasteiger partial charge in [0.2, 0.25) is 5.91 Å². The van der Waals surface area contributed by atoms with E-state index in [1.54, 1.807) is 6.92 Å². The summed E-state index contributed by atoms with van der Waals surface area (Å²) in [6.45, 7) is 1.80. The van der Waals surface area contributed by atoms with Gasteiger partial charge in [0, 0.05) is 16.4 Å². The summed E-state index contributed by atoms with van der Waals surface area (Å²) < 4.78 is 4.88. The molecule has 152 valence electrons. The highest BCUT2D eigenvalue weighted by atomic mass is 32.2. The molecule has 2 aliphatic heterocycles. The number of hydrogen-bond donors (Lipinski definition) is 2. The molecule has 2 aromatic rings. The van der Waals surface area contributed by atoms with Gasteiger partial charge < -0.3 is 10.4 Å². The number of hydrogen-bond acceptors (Lipinski definition) is 9. The lowest BCUT2D eigenvalue weighted by atomic mass is 10.0. The van der Waals surface area contributed by atoms with Crippen molar-refractivity contribution in [1.82, 2.24) is 19.6 Å². The Hall–Kier alpha value is -1.89. The van der Waals surface area contributed by atoms with E-state index in [1.165, 1.54) is 51.3 Å². The first-order valence-corrected chi connectivity index (χ1v) is 12.3. The van der Waals surface area contributed by atoms with Crippen molar-refractivity contribution in [2.45, 2.75) is 29.1 Å². The summed E-state index contributed by atoms with van der Waals surface area (Å²) in [4.78, 5) is 43.3. The molecule has 2 N–H and O–H groups in total. The van der Waals surface area contributed by atoms with Crippen molar-refractivity contribution in [3.05, 3.63) is 39.5 Å². The van der Waals surface area contributed by atoms with E-state index in [2.05, 4.69) is 14.7 Å². The average Bonchev–Trinajstić information content (AvgIpc) is 3.35. The maximum absolute atomic E-state index is 12.6. The van der Waals surface area contributed by atoms with Crippen LogP contribution in [0, 0.1) is 6.92 Å². The molecule has 0 aromatic carbocycles. The van der Waals surface area contributed by atoms with Crippen LogP contribution in [0.15, 0.2) is 33.1 Å². The quantitative estimate of drug-likeness (QED) is 0.469. The number of aryl methyl sites for hydroxylation is 1. The van der Waals surface area contributed by atoms with E-state index in [0.29, 0.717) is 22.9 Å². The van der Waals surface area contributed by atoms with Crippen LogP contribution >= 0.6 is 46.4 Å². The minimum atomic E-state index is -1.13. The van der Waals surface area contributed by atoms with Crippen LogP contribution in [0.4, 0.5) is 0 Å². The van der Waals surface area contributed by atoms with Gasteiger partial charge in [-0.05, 0) is 35.5 Å².